The summed E-state index contributed by atoms with van der Waals surface area (Å²) in [7, 11) is 0. The van der Waals surface area contributed by atoms with Crippen molar-refractivity contribution in [3.05, 3.63) is 0 Å². The first kappa shape index (κ1) is 24.9. The summed E-state index contributed by atoms with van der Waals surface area (Å²) in [6.07, 6.45) is 1.20. The topological polar surface area (TPSA) is 52.1 Å². The summed E-state index contributed by atoms with van der Waals surface area (Å²) in [5.74, 6) is 0.923. The third-order valence-electron chi connectivity index (χ3n) is 4.54. The number of hydrogen-bond donors (Lipinski definition) is 2. The van der Waals surface area contributed by atoms with Gasteiger partial charge in [0.25, 0.3) is 0 Å². The van der Waals surface area contributed by atoms with Gasteiger partial charge in [-0.05, 0) is 40.3 Å². The van der Waals surface area contributed by atoms with Gasteiger partial charge in [0.1, 0.15) is 0 Å². The molecule has 0 saturated carbocycles. The summed E-state index contributed by atoms with van der Waals surface area (Å²) in [6.45, 7) is 20.7. The molecule has 0 bridgehead atoms. The van der Waals surface area contributed by atoms with Crippen molar-refractivity contribution in [2.75, 3.05) is 65.6 Å². The van der Waals surface area contributed by atoms with Gasteiger partial charge >= 0.3 is 0 Å². The fourth-order valence-electron chi connectivity index (χ4n) is 2.96. The summed E-state index contributed by atoms with van der Waals surface area (Å²) >= 11 is 0. The summed E-state index contributed by atoms with van der Waals surface area (Å²) < 4.78 is 5.46. The first-order valence-corrected chi connectivity index (χ1v) is 9.60. The Hall–Kier alpha value is -0.120. The van der Waals surface area contributed by atoms with Crippen molar-refractivity contribution in [3.8, 4) is 0 Å². The Morgan fingerprint density at radius 2 is 1.80 bits per heavy atom. The van der Waals surface area contributed by atoms with Gasteiger partial charge in [-0.2, -0.15) is 0 Å². The van der Waals surface area contributed by atoms with E-state index in [0.29, 0.717) is 0 Å². The van der Waals surface area contributed by atoms with Crippen molar-refractivity contribution in [1.29, 1.82) is 0 Å². The molecule has 150 valence electrons. The van der Waals surface area contributed by atoms with E-state index in [-0.39, 0.29) is 29.5 Å². The quantitative estimate of drug-likeness (QED) is 0.291. The number of aliphatic imine (C=N–C) groups is 1. The van der Waals surface area contributed by atoms with Crippen molar-refractivity contribution >= 4 is 29.9 Å². The van der Waals surface area contributed by atoms with E-state index in [1.165, 1.54) is 6.42 Å². The number of morpholine rings is 1. The first-order chi connectivity index (χ1) is 11.5. The van der Waals surface area contributed by atoms with E-state index in [1.54, 1.807) is 0 Å². The molecule has 6 nitrogen and oxygen atoms in total. The van der Waals surface area contributed by atoms with Gasteiger partial charge in [0.2, 0.25) is 0 Å². The van der Waals surface area contributed by atoms with E-state index in [9.17, 15) is 0 Å². The summed E-state index contributed by atoms with van der Waals surface area (Å²) in [5, 5.41) is 6.83. The Morgan fingerprint density at radius 1 is 1.12 bits per heavy atom. The van der Waals surface area contributed by atoms with Crippen LogP contribution in [0.15, 0.2) is 4.99 Å². The van der Waals surface area contributed by atoms with Crippen LogP contribution in [0.25, 0.3) is 0 Å². The molecule has 1 aliphatic rings. The van der Waals surface area contributed by atoms with Crippen LogP contribution in [0.1, 0.15) is 41.0 Å². The Balaban J connectivity index is 0.00000576. The van der Waals surface area contributed by atoms with E-state index in [1.807, 2.05) is 0 Å². The molecule has 0 aromatic heterocycles. The van der Waals surface area contributed by atoms with Crippen LogP contribution in [0.4, 0.5) is 0 Å². The van der Waals surface area contributed by atoms with E-state index < -0.39 is 0 Å². The van der Waals surface area contributed by atoms with Gasteiger partial charge in [-0.15, -0.1) is 24.0 Å². The third-order valence-corrected chi connectivity index (χ3v) is 4.54. The number of hydrogen-bond acceptors (Lipinski definition) is 4. The van der Waals surface area contributed by atoms with E-state index in [2.05, 4.69) is 55.1 Å². The summed E-state index contributed by atoms with van der Waals surface area (Å²) in [6, 6.07) is 0. The number of nitrogens with zero attached hydrogens (tertiary/aromatic N) is 3. The molecule has 0 radical (unpaired) electrons. The zero-order valence-electron chi connectivity index (χ0n) is 16.9. The minimum Gasteiger partial charge on any atom is -0.379 e. The van der Waals surface area contributed by atoms with Gasteiger partial charge in [-0.1, -0.05) is 13.8 Å². The minimum absolute atomic E-state index is 0. The maximum atomic E-state index is 5.46. The average Bonchev–Trinajstić information content (AvgIpc) is 2.59. The monoisotopic (exact) mass is 469 g/mol. The van der Waals surface area contributed by atoms with E-state index >= 15 is 0 Å². The molecule has 25 heavy (non-hydrogen) atoms. The maximum absolute atomic E-state index is 5.46. The Bertz CT molecular complexity index is 359. The number of ether oxygens (including phenoxy) is 1. The second-order valence-electron chi connectivity index (χ2n) is 6.97. The van der Waals surface area contributed by atoms with Crippen molar-refractivity contribution in [1.82, 2.24) is 20.4 Å². The normalized spacial score (nSPS) is 16.6. The van der Waals surface area contributed by atoms with Gasteiger partial charge in [0, 0.05) is 38.3 Å². The van der Waals surface area contributed by atoms with Crippen LogP contribution in [-0.4, -0.2) is 86.9 Å². The fraction of sp³-hybridized carbons (Fsp3) is 0.944. The lowest BCUT2D eigenvalue weighted by Crippen LogP contribution is -2.52. The van der Waals surface area contributed by atoms with Crippen molar-refractivity contribution in [2.45, 2.75) is 46.6 Å². The molecule has 0 spiro atoms. The zero-order chi connectivity index (χ0) is 17.8. The maximum Gasteiger partial charge on any atom is 0.191 e. The largest absolute Gasteiger partial charge is 0.379 e. The SMILES string of the molecule is CCCN(CC)CCNC(=NCC(C)(C)N1CCOCC1)NCC.I. The number of guanidine groups is 1. The molecule has 1 heterocycles. The highest BCUT2D eigenvalue weighted by Gasteiger charge is 2.28. The molecule has 1 fully saturated rings. The van der Waals surface area contributed by atoms with Crippen LogP contribution in [0, 0.1) is 0 Å². The molecular formula is C18H40IN5O. The van der Waals surface area contributed by atoms with Crippen molar-refractivity contribution in [2.24, 2.45) is 4.99 Å². The smallest absolute Gasteiger partial charge is 0.191 e. The summed E-state index contributed by atoms with van der Waals surface area (Å²) in [4.78, 5) is 9.76. The molecular weight excluding hydrogens is 429 g/mol. The lowest BCUT2D eigenvalue weighted by atomic mass is 10.0. The molecule has 0 aromatic carbocycles. The minimum atomic E-state index is 0. The Kier molecular flexibility index (Phi) is 13.9. The second-order valence-corrected chi connectivity index (χ2v) is 6.97. The molecule has 1 aliphatic heterocycles. The van der Waals surface area contributed by atoms with Crippen LogP contribution in [-0.2, 0) is 4.74 Å². The molecule has 0 unspecified atom stereocenters. The molecule has 0 amide bonds. The zero-order valence-corrected chi connectivity index (χ0v) is 19.3. The lowest BCUT2D eigenvalue weighted by molar-refractivity contribution is -0.00683. The van der Waals surface area contributed by atoms with Crippen LogP contribution in [0.5, 0.6) is 0 Å². The van der Waals surface area contributed by atoms with Gasteiger partial charge in [0.15, 0.2) is 5.96 Å². The molecule has 0 aromatic rings. The van der Waals surface area contributed by atoms with Crippen LogP contribution >= 0.6 is 24.0 Å². The van der Waals surface area contributed by atoms with Gasteiger partial charge in [-0.3, -0.25) is 9.89 Å². The van der Waals surface area contributed by atoms with Gasteiger partial charge < -0.3 is 20.3 Å². The lowest BCUT2D eigenvalue weighted by Gasteiger charge is -2.39. The molecule has 1 rings (SSSR count). The van der Waals surface area contributed by atoms with Crippen LogP contribution < -0.4 is 10.6 Å². The first-order valence-electron chi connectivity index (χ1n) is 9.60. The highest BCUT2D eigenvalue weighted by atomic mass is 127. The molecule has 0 aliphatic carbocycles. The third kappa shape index (κ3) is 9.96. The average molecular weight is 469 g/mol. The molecule has 2 N–H and O–H groups in total. The number of rotatable bonds is 10. The van der Waals surface area contributed by atoms with Gasteiger partial charge in [-0.25, -0.2) is 0 Å². The molecule has 1 saturated heterocycles. The summed E-state index contributed by atoms with van der Waals surface area (Å²) in [5.41, 5.74) is 0.0593. The van der Waals surface area contributed by atoms with Crippen molar-refractivity contribution in [3.63, 3.8) is 0 Å². The number of halogens is 1. The highest BCUT2D eigenvalue weighted by molar-refractivity contribution is 14.0. The van der Waals surface area contributed by atoms with Crippen LogP contribution in [0.2, 0.25) is 0 Å². The van der Waals surface area contributed by atoms with E-state index in [0.717, 1.165) is 71.5 Å². The van der Waals surface area contributed by atoms with Crippen molar-refractivity contribution < 1.29 is 4.74 Å². The molecule has 7 heteroatoms. The predicted octanol–water partition coefficient (Wildman–Crippen LogP) is 2.00. The highest BCUT2D eigenvalue weighted by Crippen LogP contribution is 2.16. The number of likely N-dealkylation sites (N-methyl/N-ethyl adjacent to an activating group) is 1. The fourth-order valence-corrected chi connectivity index (χ4v) is 2.96. The second kappa shape index (κ2) is 14.0. The standard InChI is InChI=1S/C18H39N5O.HI/c1-6-10-22(8-3)11-9-20-17(19-7-2)21-16-18(4,5)23-12-14-24-15-13-23;/h6-16H2,1-5H3,(H2,19,20,21);1H. The number of nitrogens with one attached hydrogen (secondary N) is 2. The van der Waals surface area contributed by atoms with Crippen LogP contribution in [0.3, 0.4) is 0 Å². The molecule has 0 atom stereocenters. The predicted molar refractivity (Wildman–Crippen MR) is 118 cm³/mol. The Labute approximate surface area is 172 Å². The Morgan fingerprint density at radius 3 is 2.36 bits per heavy atom. The van der Waals surface area contributed by atoms with Gasteiger partial charge in [0.05, 0.1) is 19.8 Å². The van der Waals surface area contributed by atoms with E-state index in [4.69, 9.17) is 9.73 Å².